The van der Waals surface area contributed by atoms with Crippen molar-refractivity contribution in [2.45, 2.75) is 44.8 Å². The number of aliphatic carboxylic acids is 1. The first kappa shape index (κ1) is 31.2. The van der Waals surface area contributed by atoms with Gasteiger partial charge in [0.2, 0.25) is 5.91 Å². The van der Waals surface area contributed by atoms with Crippen LogP contribution in [0.5, 0.6) is 0 Å². The third kappa shape index (κ3) is 7.76. The van der Waals surface area contributed by atoms with E-state index in [0.717, 1.165) is 18.5 Å². The summed E-state index contributed by atoms with van der Waals surface area (Å²) < 4.78 is 4.75. The van der Waals surface area contributed by atoms with Crippen molar-refractivity contribution < 1.29 is 24.2 Å². The number of amides is 1. The summed E-state index contributed by atoms with van der Waals surface area (Å²) in [6.07, 6.45) is 1.45. The fourth-order valence-corrected chi connectivity index (χ4v) is 5.53. The largest absolute Gasteiger partial charge is 0.480 e. The lowest BCUT2D eigenvalue weighted by atomic mass is 9.96. The van der Waals surface area contributed by atoms with Crippen molar-refractivity contribution in [2.24, 2.45) is 10.9 Å². The van der Waals surface area contributed by atoms with Gasteiger partial charge in [0, 0.05) is 27.7 Å². The second-order valence-electron chi connectivity index (χ2n) is 10.3. The first-order valence-corrected chi connectivity index (χ1v) is 14.4. The molecule has 0 bridgehead atoms. The zero-order valence-corrected chi connectivity index (χ0v) is 24.9. The summed E-state index contributed by atoms with van der Waals surface area (Å²) >= 11 is 13.0. The van der Waals surface area contributed by atoms with E-state index in [1.165, 1.54) is 7.11 Å². The predicted octanol–water partition coefficient (Wildman–Crippen LogP) is 6.09. The maximum Gasteiger partial charge on any atom is 0.328 e. The van der Waals surface area contributed by atoms with Gasteiger partial charge in [-0.3, -0.25) is 19.5 Å². The van der Waals surface area contributed by atoms with E-state index in [4.69, 9.17) is 27.9 Å². The number of anilines is 1. The molecule has 42 heavy (non-hydrogen) atoms. The summed E-state index contributed by atoms with van der Waals surface area (Å²) in [6.45, 7) is 3.06. The summed E-state index contributed by atoms with van der Waals surface area (Å²) in [6, 6.07) is 20.2. The average molecular weight is 611 g/mol. The topological polar surface area (TPSA) is 108 Å². The van der Waals surface area contributed by atoms with E-state index in [9.17, 15) is 19.5 Å². The molecule has 0 saturated carbocycles. The van der Waals surface area contributed by atoms with Crippen molar-refractivity contribution in [2.75, 3.05) is 19.0 Å². The third-order valence-electron chi connectivity index (χ3n) is 7.29. The smallest absolute Gasteiger partial charge is 0.328 e. The van der Waals surface area contributed by atoms with Crippen molar-refractivity contribution in [3.8, 4) is 0 Å². The number of benzene rings is 3. The number of carboxylic acids is 1. The molecule has 1 heterocycles. The number of esters is 1. The first-order chi connectivity index (χ1) is 20.2. The number of nitrogens with zero attached hydrogens (tertiary/aromatic N) is 2. The van der Waals surface area contributed by atoms with Gasteiger partial charge in [-0.15, -0.1) is 0 Å². The van der Waals surface area contributed by atoms with Crippen LogP contribution in [0.4, 0.5) is 5.69 Å². The molecule has 4 rings (SSSR count). The van der Waals surface area contributed by atoms with Gasteiger partial charge in [-0.1, -0.05) is 78.7 Å². The molecule has 0 aromatic heterocycles. The molecular weight excluding hydrogens is 577 g/mol. The van der Waals surface area contributed by atoms with E-state index in [0.29, 0.717) is 39.8 Å². The van der Waals surface area contributed by atoms with E-state index in [2.05, 4.69) is 15.2 Å². The summed E-state index contributed by atoms with van der Waals surface area (Å²) in [5.74, 6) is -2.64. The molecule has 1 saturated heterocycles. The molecule has 1 amide bonds. The highest BCUT2D eigenvalue weighted by Crippen LogP contribution is 2.30. The number of halogens is 2. The van der Waals surface area contributed by atoms with Gasteiger partial charge in [-0.05, 0) is 55.1 Å². The molecule has 3 atom stereocenters. The summed E-state index contributed by atoms with van der Waals surface area (Å²) in [5, 5.41) is 13.9. The number of ether oxygens (including phenoxy) is 1. The standard InChI is InChI=1S/C32H33Cl2N3O5/c1-20(17-28(38)42-2)29(32(40)41)36-30(23-11-6-7-12-25(23)34)24-18-22(33)14-15-26(24)35-31(39)27-13-8-16-37(27)19-21-9-4-3-5-10-21/h3-7,9-12,14-15,18,20,27,29H,8,13,16-17,19H2,1-2H3,(H,35,39)(H,40,41)/t20-,27-,29-/m0/s1. The van der Waals surface area contributed by atoms with Gasteiger partial charge in [0.1, 0.15) is 0 Å². The molecule has 0 unspecified atom stereocenters. The fourth-order valence-electron chi connectivity index (χ4n) is 5.13. The minimum atomic E-state index is -1.31. The van der Waals surface area contributed by atoms with Gasteiger partial charge in [-0.2, -0.15) is 0 Å². The molecule has 3 aromatic rings. The van der Waals surface area contributed by atoms with E-state index >= 15 is 0 Å². The molecule has 0 spiro atoms. The van der Waals surface area contributed by atoms with E-state index < -0.39 is 23.9 Å². The number of carbonyl (C=O) groups is 3. The number of hydrogen-bond donors (Lipinski definition) is 2. The molecule has 220 valence electrons. The second kappa shape index (κ2) is 14.4. The summed E-state index contributed by atoms with van der Waals surface area (Å²) in [4.78, 5) is 44.8. The molecule has 3 aromatic carbocycles. The number of hydrogen-bond acceptors (Lipinski definition) is 6. The van der Waals surface area contributed by atoms with Crippen LogP contribution in [0.1, 0.15) is 42.9 Å². The Kier molecular flexibility index (Phi) is 10.7. The third-order valence-corrected chi connectivity index (χ3v) is 7.86. The van der Waals surface area contributed by atoms with Crippen molar-refractivity contribution in [3.63, 3.8) is 0 Å². The van der Waals surface area contributed by atoms with Crippen LogP contribution in [-0.2, 0) is 25.7 Å². The quantitative estimate of drug-likeness (QED) is 0.201. The Balaban J connectivity index is 1.73. The number of aliphatic imine (C=N–C) groups is 1. The highest BCUT2D eigenvalue weighted by molar-refractivity contribution is 6.36. The van der Waals surface area contributed by atoms with E-state index in [1.807, 2.05) is 30.3 Å². The monoisotopic (exact) mass is 609 g/mol. The van der Waals surface area contributed by atoms with Gasteiger partial charge >= 0.3 is 11.9 Å². The SMILES string of the molecule is COC(=O)C[C@H](C)[C@H](N=C(c1ccccc1Cl)c1cc(Cl)ccc1NC(=O)[C@@H]1CCCN1Cc1ccccc1)C(=O)O. The van der Waals surface area contributed by atoms with Crippen LogP contribution in [0.15, 0.2) is 77.8 Å². The lowest BCUT2D eigenvalue weighted by Crippen LogP contribution is -2.39. The Bertz CT molecular complexity index is 1460. The van der Waals surface area contributed by atoms with Crippen molar-refractivity contribution in [1.29, 1.82) is 0 Å². The minimum absolute atomic E-state index is 0.148. The molecule has 1 aliphatic rings. The van der Waals surface area contributed by atoms with E-state index in [-0.39, 0.29) is 24.1 Å². The molecule has 8 nitrogen and oxygen atoms in total. The van der Waals surface area contributed by atoms with Crippen LogP contribution in [0, 0.1) is 5.92 Å². The highest BCUT2D eigenvalue weighted by Gasteiger charge is 2.32. The molecule has 0 aliphatic carbocycles. The van der Waals surface area contributed by atoms with Gasteiger partial charge in [0.05, 0.1) is 31.0 Å². The number of carboxylic acid groups (broad SMARTS) is 1. The van der Waals surface area contributed by atoms with Crippen molar-refractivity contribution in [1.82, 2.24) is 4.90 Å². The molecular formula is C32H33Cl2N3O5. The maximum absolute atomic E-state index is 13.7. The normalized spacial score (nSPS) is 17.0. The van der Waals surface area contributed by atoms with E-state index in [1.54, 1.807) is 49.4 Å². The zero-order chi connectivity index (χ0) is 30.2. The Hall–Kier alpha value is -3.72. The molecule has 1 aliphatic heterocycles. The van der Waals surface area contributed by atoms with Crippen molar-refractivity contribution in [3.05, 3.63) is 99.5 Å². The number of rotatable bonds is 11. The Morgan fingerprint density at radius 1 is 1.05 bits per heavy atom. The number of carbonyl (C=O) groups excluding carboxylic acids is 2. The fraction of sp³-hybridized carbons (Fsp3) is 0.312. The van der Waals surface area contributed by atoms with Crippen LogP contribution in [-0.4, -0.2) is 59.3 Å². The van der Waals surface area contributed by atoms with Crippen molar-refractivity contribution >= 4 is 52.4 Å². The van der Waals surface area contributed by atoms with Gasteiger partial charge in [0.15, 0.2) is 6.04 Å². The Labute approximate surface area is 255 Å². The number of likely N-dealkylation sites (tertiary alicyclic amines) is 1. The van der Waals surface area contributed by atoms with Crippen LogP contribution >= 0.6 is 23.2 Å². The van der Waals surface area contributed by atoms with Crippen LogP contribution in [0.25, 0.3) is 0 Å². The lowest BCUT2D eigenvalue weighted by molar-refractivity contribution is -0.143. The van der Waals surface area contributed by atoms with Gasteiger partial charge < -0.3 is 15.2 Å². The Morgan fingerprint density at radius 3 is 2.45 bits per heavy atom. The van der Waals surface area contributed by atoms with Crippen LogP contribution < -0.4 is 5.32 Å². The van der Waals surface area contributed by atoms with Gasteiger partial charge in [-0.25, -0.2) is 4.79 Å². The average Bonchev–Trinajstić information content (AvgIpc) is 3.43. The predicted molar refractivity (Wildman–Crippen MR) is 164 cm³/mol. The Morgan fingerprint density at radius 2 is 1.76 bits per heavy atom. The highest BCUT2D eigenvalue weighted by atomic mass is 35.5. The first-order valence-electron chi connectivity index (χ1n) is 13.7. The lowest BCUT2D eigenvalue weighted by Gasteiger charge is -2.25. The number of methoxy groups -OCH3 is 1. The summed E-state index contributed by atoms with van der Waals surface area (Å²) in [5.41, 5.74) is 2.64. The molecule has 0 radical (unpaired) electrons. The number of nitrogens with one attached hydrogen (secondary N) is 1. The minimum Gasteiger partial charge on any atom is -0.480 e. The van der Waals surface area contributed by atoms with Crippen LogP contribution in [0.3, 0.4) is 0 Å². The zero-order valence-electron chi connectivity index (χ0n) is 23.4. The second-order valence-corrected chi connectivity index (χ2v) is 11.1. The maximum atomic E-state index is 13.7. The summed E-state index contributed by atoms with van der Waals surface area (Å²) in [7, 11) is 1.25. The van der Waals surface area contributed by atoms with Gasteiger partial charge in [0.25, 0.3) is 0 Å². The molecule has 10 heteroatoms. The molecule has 1 fully saturated rings. The van der Waals surface area contributed by atoms with Crippen LogP contribution in [0.2, 0.25) is 10.0 Å². The molecule has 2 N–H and O–H groups in total.